The Morgan fingerprint density at radius 1 is 0.883 bits per heavy atom. The molecule has 1 unspecified atom stereocenters. The Balaban J connectivity index is 0.727. The Hall–Kier alpha value is -5.63. The maximum atomic E-state index is 13.4. The minimum Gasteiger partial charge on any atom is -0.368 e. The zero-order valence-corrected chi connectivity index (χ0v) is 35.1. The van der Waals surface area contributed by atoms with E-state index in [1.165, 1.54) is 25.7 Å². The number of hydrogen-bond donors (Lipinski definition) is 2. The minimum atomic E-state index is -0.783. The van der Waals surface area contributed by atoms with Crippen molar-refractivity contribution in [3.63, 3.8) is 0 Å². The van der Waals surface area contributed by atoms with Gasteiger partial charge in [0, 0.05) is 63.6 Å². The second kappa shape index (κ2) is 18.3. The van der Waals surface area contributed by atoms with Crippen molar-refractivity contribution in [2.75, 3.05) is 57.0 Å². The second-order valence-electron chi connectivity index (χ2n) is 17.1. The van der Waals surface area contributed by atoms with Gasteiger partial charge in [0.2, 0.25) is 11.9 Å². The first-order valence-corrected chi connectivity index (χ1v) is 21.9. The number of rotatable bonds is 16. The molecular formula is C46H58N10O4. The summed E-state index contributed by atoms with van der Waals surface area (Å²) in [5.41, 5.74) is 4.98. The van der Waals surface area contributed by atoms with Crippen LogP contribution in [0.15, 0.2) is 61.1 Å². The number of benzene rings is 1. The molecule has 3 aliphatic heterocycles. The molecule has 1 aromatic carbocycles. The van der Waals surface area contributed by atoms with Crippen molar-refractivity contribution in [1.82, 2.24) is 39.5 Å². The highest BCUT2D eigenvalue weighted by atomic mass is 16.2. The molecule has 4 aliphatic rings. The number of nitrogens with zero attached hydrogens (tertiary/aromatic N) is 8. The van der Waals surface area contributed by atoms with Crippen molar-refractivity contribution in [1.29, 1.82) is 0 Å². The monoisotopic (exact) mass is 814 g/mol. The van der Waals surface area contributed by atoms with Gasteiger partial charge in [0.1, 0.15) is 23.2 Å². The second-order valence-corrected chi connectivity index (χ2v) is 17.1. The number of amides is 4. The Kier molecular flexibility index (Phi) is 12.6. The number of piperidine rings is 1. The lowest BCUT2D eigenvalue weighted by atomic mass is 9.97. The van der Waals surface area contributed by atoms with E-state index in [4.69, 9.17) is 9.97 Å². The van der Waals surface area contributed by atoms with Crippen molar-refractivity contribution in [2.45, 2.75) is 102 Å². The van der Waals surface area contributed by atoms with Gasteiger partial charge in [-0.25, -0.2) is 9.97 Å². The molecule has 60 heavy (non-hydrogen) atoms. The van der Waals surface area contributed by atoms with Crippen molar-refractivity contribution in [3.8, 4) is 0 Å². The van der Waals surface area contributed by atoms with E-state index in [0.717, 1.165) is 111 Å². The van der Waals surface area contributed by atoms with Crippen LogP contribution in [0.3, 0.4) is 0 Å². The molecule has 1 aliphatic carbocycles. The molecule has 14 heteroatoms. The highest BCUT2D eigenvalue weighted by molar-refractivity contribution is 6.23. The lowest BCUT2D eigenvalue weighted by Gasteiger charge is -2.36. The normalized spacial score (nSPS) is 18.7. The van der Waals surface area contributed by atoms with Crippen molar-refractivity contribution < 1.29 is 19.2 Å². The zero-order valence-electron chi connectivity index (χ0n) is 35.1. The summed E-state index contributed by atoms with van der Waals surface area (Å²) in [6, 6.07) is 11.0. The van der Waals surface area contributed by atoms with Gasteiger partial charge in [0.15, 0.2) is 0 Å². The lowest BCUT2D eigenvalue weighted by Crippen LogP contribution is -2.51. The maximum absolute atomic E-state index is 13.4. The largest absolute Gasteiger partial charge is 0.368 e. The number of hydrogen-bond acceptors (Lipinski definition) is 10. The van der Waals surface area contributed by atoms with Crippen LogP contribution in [0.1, 0.15) is 126 Å². The van der Waals surface area contributed by atoms with Crippen molar-refractivity contribution in [2.24, 2.45) is 0 Å². The summed E-state index contributed by atoms with van der Waals surface area (Å²) < 4.78 is 2.13. The van der Waals surface area contributed by atoms with Crippen LogP contribution < -0.4 is 15.5 Å². The first-order chi connectivity index (χ1) is 29.2. The van der Waals surface area contributed by atoms with Crippen molar-refractivity contribution >= 4 is 52.1 Å². The molecule has 3 fully saturated rings. The quantitative estimate of drug-likeness (QED) is 0.0907. The average Bonchev–Trinajstić information content (AvgIpc) is 3.97. The number of anilines is 3. The predicted molar refractivity (Wildman–Crippen MR) is 232 cm³/mol. The molecule has 8 rings (SSSR count). The molecule has 0 bridgehead atoms. The van der Waals surface area contributed by atoms with Gasteiger partial charge >= 0.3 is 0 Å². The van der Waals surface area contributed by atoms with Crippen LogP contribution in [0.5, 0.6) is 0 Å². The van der Waals surface area contributed by atoms with Crippen LogP contribution in [0, 0.1) is 0 Å². The van der Waals surface area contributed by atoms with E-state index in [1.807, 2.05) is 30.5 Å². The molecular weight excluding hydrogens is 757 g/mol. The van der Waals surface area contributed by atoms with Crippen LogP contribution in [0.2, 0.25) is 0 Å². The number of carbonyl (C=O) groups is 4. The number of piperazine rings is 1. The van der Waals surface area contributed by atoms with E-state index in [9.17, 15) is 19.2 Å². The van der Waals surface area contributed by atoms with E-state index in [-0.39, 0.29) is 29.7 Å². The topological polar surface area (TPSA) is 149 Å². The van der Waals surface area contributed by atoms with Crippen LogP contribution in [0.4, 0.5) is 17.5 Å². The van der Waals surface area contributed by atoms with Gasteiger partial charge < -0.3 is 25.0 Å². The maximum Gasteiger partial charge on any atom is 0.270 e. The number of nitrogens with one attached hydrogen (secondary N) is 2. The molecule has 4 amide bonds. The SMILES string of the molecule is C=C1CCC(N2C(=O)c3cccc(CCCCCCCCCN4CCN(c5ccc(Nc6ncc7cc(C(=O)N(C)C)n(C8CCCC8)c7n6)nc5)CC4)c3C2=O)C(=O)N1. The fourth-order valence-corrected chi connectivity index (χ4v) is 9.39. The summed E-state index contributed by atoms with van der Waals surface area (Å²) in [5.74, 6) is 0.0770. The number of allylic oxidation sites excluding steroid dienone is 1. The molecule has 3 aromatic heterocycles. The van der Waals surface area contributed by atoms with Crippen LogP contribution >= 0.6 is 0 Å². The molecule has 6 heterocycles. The first kappa shape index (κ1) is 41.1. The zero-order chi connectivity index (χ0) is 41.8. The standard InChI is InChI=1S/C46H58N10O4/c1-31-19-21-37(42(57)49-31)56-43(58)36-18-13-15-32(40(36)45(56)60)14-9-7-5-4-6-8-12-23-53-24-26-54(27-25-53)35-20-22-39(47-30-35)50-46-48-29-33-28-38(44(59)52(2)3)55(41(33)51-46)34-16-10-11-17-34/h13,15,18,20,22,28-30,34,37H,1,4-12,14,16-17,19,21,23-27H2,2-3H3,(H,49,57)(H,47,48,50,51). The molecule has 4 aromatic rings. The summed E-state index contributed by atoms with van der Waals surface area (Å²) >= 11 is 0. The number of fused-ring (bicyclic) bond motifs is 2. The highest BCUT2D eigenvalue weighted by Gasteiger charge is 2.44. The molecule has 316 valence electrons. The molecule has 14 nitrogen and oxygen atoms in total. The van der Waals surface area contributed by atoms with E-state index in [1.54, 1.807) is 31.3 Å². The van der Waals surface area contributed by atoms with Crippen LogP contribution in [0.25, 0.3) is 11.0 Å². The first-order valence-electron chi connectivity index (χ1n) is 21.9. The fraction of sp³-hybridized carbons (Fsp3) is 0.500. The molecule has 0 radical (unpaired) electrons. The smallest absolute Gasteiger partial charge is 0.270 e. The molecule has 1 atom stereocenters. The number of carbonyl (C=O) groups excluding carboxylic acids is 4. The van der Waals surface area contributed by atoms with E-state index in [2.05, 4.69) is 42.6 Å². The third-order valence-corrected chi connectivity index (χ3v) is 12.7. The lowest BCUT2D eigenvalue weighted by molar-refractivity contribution is -0.125. The predicted octanol–water partition coefficient (Wildman–Crippen LogP) is 6.87. The third kappa shape index (κ3) is 8.79. The minimum absolute atomic E-state index is 0.0207. The Morgan fingerprint density at radius 3 is 2.35 bits per heavy atom. The molecule has 1 saturated carbocycles. The number of unbranched alkanes of at least 4 members (excludes halogenated alkanes) is 6. The van der Waals surface area contributed by atoms with Gasteiger partial charge in [-0.3, -0.25) is 29.0 Å². The van der Waals surface area contributed by atoms with E-state index in [0.29, 0.717) is 47.1 Å². The molecule has 2 saturated heterocycles. The van der Waals surface area contributed by atoms with E-state index < -0.39 is 6.04 Å². The average molecular weight is 815 g/mol. The van der Waals surface area contributed by atoms with Crippen molar-refractivity contribution in [3.05, 3.63) is 83.5 Å². The van der Waals surface area contributed by atoms with Gasteiger partial charge in [-0.2, -0.15) is 4.98 Å². The Labute approximate surface area is 352 Å². The highest BCUT2D eigenvalue weighted by Crippen LogP contribution is 2.35. The van der Waals surface area contributed by atoms with Gasteiger partial charge in [-0.15, -0.1) is 0 Å². The summed E-state index contributed by atoms with van der Waals surface area (Å²) in [7, 11) is 3.57. The van der Waals surface area contributed by atoms with E-state index >= 15 is 0 Å². The number of imide groups is 1. The summed E-state index contributed by atoms with van der Waals surface area (Å²) in [5, 5.41) is 6.86. The Bertz CT molecular complexity index is 2240. The van der Waals surface area contributed by atoms with Gasteiger partial charge in [0.05, 0.1) is 23.0 Å². The summed E-state index contributed by atoms with van der Waals surface area (Å²) in [6.07, 6.45) is 17.9. The van der Waals surface area contributed by atoms with Gasteiger partial charge in [-0.1, -0.05) is 63.7 Å². The number of pyridine rings is 1. The third-order valence-electron chi connectivity index (χ3n) is 12.7. The van der Waals surface area contributed by atoms with Crippen LogP contribution in [-0.2, 0) is 11.2 Å². The molecule has 2 N–H and O–H groups in total. The summed E-state index contributed by atoms with van der Waals surface area (Å²) in [4.78, 5) is 74.1. The Morgan fingerprint density at radius 2 is 1.63 bits per heavy atom. The fourth-order valence-electron chi connectivity index (χ4n) is 9.39. The van der Waals surface area contributed by atoms with Gasteiger partial charge in [-0.05, 0) is 81.3 Å². The van der Waals surface area contributed by atoms with Gasteiger partial charge in [0.25, 0.3) is 17.7 Å². The summed E-state index contributed by atoms with van der Waals surface area (Å²) in [6.45, 7) is 8.93. The number of aromatic nitrogens is 4. The van der Waals surface area contributed by atoms with Crippen LogP contribution in [-0.4, -0.2) is 111 Å². The number of aryl methyl sites for hydroxylation is 1. The molecule has 0 spiro atoms.